The zero-order valence-corrected chi connectivity index (χ0v) is 13.7. The Kier molecular flexibility index (Phi) is 4.38. The maximum absolute atomic E-state index is 14.6. The molecule has 0 spiro atoms. The van der Waals surface area contributed by atoms with E-state index in [1.54, 1.807) is 18.2 Å². The molecular formula is C19H14F3N3O. The Hall–Kier alpha value is -3.35. The topological polar surface area (TPSA) is 81.5 Å². The molecule has 26 heavy (non-hydrogen) atoms. The molecule has 0 heterocycles. The monoisotopic (exact) mass is 357 g/mol. The number of amides is 1. The first-order valence-electron chi connectivity index (χ1n) is 7.61. The van der Waals surface area contributed by atoms with Gasteiger partial charge in [-0.2, -0.15) is 4.99 Å². The predicted octanol–water partition coefficient (Wildman–Crippen LogP) is 3.65. The standard InChI is InChI=1S/C19H14F3N3O/c1-9-14(20)8-15(21)16(17(9)22)12-4-2-3-10-5-6-11(7-13(10)12)18(26)25-19(23)24/h2-8H,1H3,(H4,23,24,25,26). The van der Waals surface area contributed by atoms with E-state index in [9.17, 15) is 18.0 Å². The number of halogens is 3. The highest BCUT2D eigenvalue weighted by atomic mass is 19.1. The van der Waals surface area contributed by atoms with Crippen molar-refractivity contribution in [3.63, 3.8) is 0 Å². The van der Waals surface area contributed by atoms with Crippen LogP contribution in [0.15, 0.2) is 47.5 Å². The molecule has 3 aromatic carbocycles. The minimum atomic E-state index is -1.03. The molecule has 0 atom stereocenters. The quantitative estimate of drug-likeness (QED) is 0.543. The zero-order chi connectivity index (χ0) is 19.0. The lowest BCUT2D eigenvalue weighted by Gasteiger charge is -2.12. The van der Waals surface area contributed by atoms with Crippen molar-refractivity contribution in [2.24, 2.45) is 16.5 Å². The van der Waals surface area contributed by atoms with E-state index in [0.717, 1.165) is 0 Å². The van der Waals surface area contributed by atoms with Gasteiger partial charge in [0.25, 0.3) is 5.91 Å². The van der Waals surface area contributed by atoms with Crippen LogP contribution in [0.25, 0.3) is 21.9 Å². The number of hydrogen-bond donors (Lipinski definition) is 2. The van der Waals surface area contributed by atoms with Crippen molar-refractivity contribution in [3.8, 4) is 11.1 Å². The number of fused-ring (bicyclic) bond motifs is 1. The molecule has 0 saturated heterocycles. The minimum absolute atomic E-state index is 0.151. The van der Waals surface area contributed by atoms with E-state index in [4.69, 9.17) is 11.5 Å². The summed E-state index contributed by atoms with van der Waals surface area (Å²) >= 11 is 0. The van der Waals surface area contributed by atoms with Crippen molar-refractivity contribution < 1.29 is 18.0 Å². The lowest BCUT2D eigenvalue weighted by atomic mass is 9.94. The molecule has 0 aromatic heterocycles. The van der Waals surface area contributed by atoms with Crippen molar-refractivity contribution >= 4 is 22.6 Å². The third-order valence-corrected chi connectivity index (χ3v) is 4.03. The smallest absolute Gasteiger partial charge is 0.280 e. The average Bonchev–Trinajstić information content (AvgIpc) is 2.59. The lowest BCUT2D eigenvalue weighted by Crippen LogP contribution is -2.24. The molecule has 0 aliphatic heterocycles. The van der Waals surface area contributed by atoms with Crippen LogP contribution in [0.5, 0.6) is 0 Å². The van der Waals surface area contributed by atoms with E-state index in [1.807, 2.05) is 0 Å². The number of nitrogens with zero attached hydrogens (tertiary/aromatic N) is 1. The largest absolute Gasteiger partial charge is 0.370 e. The molecule has 0 aliphatic carbocycles. The number of guanidine groups is 1. The summed E-state index contributed by atoms with van der Waals surface area (Å²) in [6.07, 6.45) is 0. The molecular weight excluding hydrogens is 343 g/mol. The second kappa shape index (κ2) is 6.51. The third-order valence-electron chi connectivity index (χ3n) is 4.03. The van der Waals surface area contributed by atoms with Gasteiger partial charge in [0.15, 0.2) is 5.96 Å². The summed E-state index contributed by atoms with van der Waals surface area (Å²) in [5.41, 5.74) is 10.1. The molecule has 0 fully saturated rings. The van der Waals surface area contributed by atoms with Crippen molar-refractivity contribution in [1.82, 2.24) is 0 Å². The number of carbonyl (C=O) groups is 1. The predicted molar refractivity (Wildman–Crippen MR) is 94.1 cm³/mol. The molecule has 0 saturated carbocycles. The summed E-state index contributed by atoms with van der Waals surface area (Å²) in [6, 6.07) is 10.0. The van der Waals surface area contributed by atoms with Gasteiger partial charge < -0.3 is 11.5 Å². The van der Waals surface area contributed by atoms with Crippen LogP contribution in [0, 0.1) is 24.4 Å². The first-order chi connectivity index (χ1) is 12.3. The summed E-state index contributed by atoms with van der Waals surface area (Å²) in [7, 11) is 0. The minimum Gasteiger partial charge on any atom is -0.370 e. The van der Waals surface area contributed by atoms with Gasteiger partial charge in [0.05, 0.1) is 5.56 Å². The van der Waals surface area contributed by atoms with Gasteiger partial charge >= 0.3 is 0 Å². The van der Waals surface area contributed by atoms with Gasteiger partial charge in [-0.1, -0.05) is 24.3 Å². The SMILES string of the molecule is Cc1c(F)cc(F)c(-c2cccc3ccc(C(=O)N=C(N)N)cc23)c1F. The molecule has 3 rings (SSSR count). The van der Waals surface area contributed by atoms with Gasteiger partial charge in [0, 0.05) is 17.2 Å². The van der Waals surface area contributed by atoms with Crippen molar-refractivity contribution in [2.45, 2.75) is 6.92 Å². The van der Waals surface area contributed by atoms with Crippen LogP contribution in [0.3, 0.4) is 0 Å². The number of aliphatic imine (C=N–C) groups is 1. The Balaban J connectivity index is 2.30. The van der Waals surface area contributed by atoms with Crippen LogP contribution < -0.4 is 11.5 Å². The van der Waals surface area contributed by atoms with Gasteiger partial charge in [-0.25, -0.2) is 13.2 Å². The number of rotatable bonds is 2. The summed E-state index contributed by atoms with van der Waals surface area (Å²) in [5.74, 6) is -4.06. The maximum Gasteiger partial charge on any atom is 0.280 e. The molecule has 4 N–H and O–H groups in total. The van der Waals surface area contributed by atoms with Crippen LogP contribution >= 0.6 is 0 Å². The summed E-state index contributed by atoms with van der Waals surface area (Å²) < 4.78 is 42.5. The van der Waals surface area contributed by atoms with E-state index in [-0.39, 0.29) is 22.3 Å². The fourth-order valence-corrected chi connectivity index (χ4v) is 2.74. The molecule has 0 unspecified atom stereocenters. The maximum atomic E-state index is 14.6. The van der Waals surface area contributed by atoms with Crippen LogP contribution in [0.1, 0.15) is 15.9 Å². The van der Waals surface area contributed by atoms with E-state index in [2.05, 4.69) is 4.99 Å². The second-order valence-corrected chi connectivity index (χ2v) is 5.74. The van der Waals surface area contributed by atoms with Gasteiger partial charge in [0.1, 0.15) is 17.5 Å². The van der Waals surface area contributed by atoms with Crippen LogP contribution in [-0.4, -0.2) is 11.9 Å². The lowest BCUT2D eigenvalue weighted by molar-refractivity contribution is 0.100. The van der Waals surface area contributed by atoms with Crippen molar-refractivity contribution in [1.29, 1.82) is 0 Å². The van der Waals surface area contributed by atoms with Crippen molar-refractivity contribution in [2.75, 3.05) is 0 Å². The summed E-state index contributed by atoms with van der Waals surface area (Å²) in [5, 5.41) is 1.05. The molecule has 7 heteroatoms. The number of hydrogen-bond acceptors (Lipinski definition) is 1. The normalized spacial score (nSPS) is 10.8. The highest BCUT2D eigenvalue weighted by Crippen LogP contribution is 2.35. The van der Waals surface area contributed by atoms with E-state index >= 15 is 0 Å². The average molecular weight is 357 g/mol. The Morgan fingerprint density at radius 2 is 1.73 bits per heavy atom. The van der Waals surface area contributed by atoms with Gasteiger partial charge in [-0.3, -0.25) is 4.79 Å². The van der Waals surface area contributed by atoms with Crippen LogP contribution in [0.2, 0.25) is 0 Å². The number of nitrogens with two attached hydrogens (primary N) is 2. The molecule has 3 aromatic rings. The second-order valence-electron chi connectivity index (χ2n) is 5.74. The summed E-state index contributed by atoms with van der Waals surface area (Å²) in [6.45, 7) is 1.23. The first kappa shape index (κ1) is 17.5. The van der Waals surface area contributed by atoms with Crippen molar-refractivity contribution in [3.05, 3.63) is 71.0 Å². The zero-order valence-electron chi connectivity index (χ0n) is 13.7. The van der Waals surface area contributed by atoms with Gasteiger partial charge in [0.2, 0.25) is 0 Å². The van der Waals surface area contributed by atoms with Gasteiger partial charge in [-0.15, -0.1) is 0 Å². The Bertz CT molecular complexity index is 1070. The molecule has 4 nitrogen and oxygen atoms in total. The fourth-order valence-electron chi connectivity index (χ4n) is 2.74. The molecule has 0 aliphatic rings. The number of benzene rings is 3. The Morgan fingerprint density at radius 1 is 1.00 bits per heavy atom. The molecule has 0 bridgehead atoms. The molecule has 132 valence electrons. The van der Waals surface area contributed by atoms with E-state index < -0.39 is 29.3 Å². The van der Waals surface area contributed by atoms with Crippen LogP contribution in [-0.2, 0) is 0 Å². The van der Waals surface area contributed by atoms with E-state index in [0.29, 0.717) is 16.8 Å². The molecule has 1 amide bonds. The highest BCUT2D eigenvalue weighted by molar-refractivity contribution is 6.06. The summed E-state index contributed by atoms with van der Waals surface area (Å²) in [4.78, 5) is 15.5. The molecule has 0 radical (unpaired) electrons. The number of carbonyl (C=O) groups excluding carboxylic acids is 1. The van der Waals surface area contributed by atoms with E-state index in [1.165, 1.54) is 25.1 Å². The van der Waals surface area contributed by atoms with Crippen LogP contribution in [0.4, 0.5) is 13.2 Å². The Morgan fingerprint density at radius 3 is 2.42 bits per heavy atom. The Labute approximate surface area is 146 Å². The first-order valence-corrected chi connectivity index (χ1v) is 7.61. The fraction of sp³-hybridized carbons (Fsp3) is 0.0526. The third kappa shape index (κ3) is 2.99. The highest BCUT2D eigenvalue weighted by Gasteiger charge is 2.19. The van der Waals surface area contributed by atoms with Gasteiger partial charge in [-0.05, 0) is 35.4 Å².